The van der Waals surface area contributed by atoms with Gasteiger partial charge in [0.15, 0.2) is 0 Å². The molecule has 0 saturated heterocycles. The number of carbonyl (C=O) groups is 1. The van der Waals surface area contributed by atoms with Crippen molar-refractivity contribution >= 4 is 16.9 Å². The van der Waals surface area contributed by atoms with E-state index in [2.05, 4.69) is 4.42 Å². The SMILES string of the molecule is O=C(Oc1ccc([SH](c2ccccc2)c2ccccc2)cc1)c1oc(C(F)(F)F)c(C(F)(F)F)c1C(F)(F)F. The normalized spacial score (nSPS) is 12.8. The minimum Gasteiger partial charge on any atom is -0.443 e. The van der Waals surface area contributed by atoms with Crippen LogP contribution >= 0.6 is 10.9 Å². The number of furan rings is 1. The number of rotatable bonds is 5. The number of carbonyl (C=O) groups excluding carboxylic acids is 1. The van der Waals surface area contributed by atoms with Crippen molar-refractivity contribution in [2.45, 2.75) is 33.2 Å². The maximum atomic E-state index is 13.5. The van der Waals surface area contributed by atoms with E-state index in [9.17, 15) is 44.3 Å². The first-order chi connectivity index (χ1) is 18.2. The molecule has 0 amide bonds. The molecule has 0 atom stereocenters. The van der Waals surface area contributed by atoms with Gasteiger partial charge in [-0.05, 0) is 63.2 Å². The fourth-order valence-electron chi connectivity index (χ4n) is 3.73. The summed E-state index contributed by atoms with van der Waals surface area (Å²) in [6, 6.07) is 23.8. The summed E-state index contributed by atoms with van der Waals surface area (Å²) in [7, 11) is -1.13. The first kappa shape index (κ1) is 28.1. The van der Waals surface area contributed by atoms with E-state index in [4.69, 9.17) is 4.74 Å². The molecule has 3 nitrogen and oxygen atoms in total. The van der Waals surface area contributed by atoms with Crippen molar-refractivity contribution in [2.24, 2.45) is 0 Å². The molecule has 0 spiro atoms. The largest absolute Gasteiger partial charge is 0.450 e. The molecule has 13 heteroatoms. The minimum atomic E-state index is -6.13. The number of alkyl halides is 9. The quantitative estimate of drug-likeness (QED) is 0.111. The van der Waals surface area contributed by atoms with Crippen LogP contribution in [-0.2, 0) is 18.5 Å². The molecule has 0 radical (unpaired) electrons. The fraction of sp³-hybridized carbons (Fsp3) is 0.115. The molecule has 0 aliphatic rings. The predicted octanol–water partition coefficient (Wildman–Crippen LogP) is 9.03. The van der Waals surface area contributed by atoms with Crippen LogP contribution in [0.15, 0.2) is 104 Å². The second kappa shape index (κ2) is 10.4. The van der Waals surface area contributed by atoms with Gasteiger partial charge >= 0.3 is 24.5 Å². The van der Waals surface area contributed by atoms with Crippen LogP contribution in [0.3, 0.4) is 0 Å². The average Bonchev–Trinajstić information content (AvgIpc) is 3.30. The third-order valence-electron chi connectivity index (χ3n) is 5.25. The van der Waals surface area contributed by atoms with Crippen LogP contribution in [0.2, 0.25) is 0 Å². The Hall–Kier alpha value is -3.87. The zero-order chi connectivity index (χ0) is 28.6. The highest BCUT2D eigenvalue weighted by atomic mass is 32.2. The van der Waals surface area contributed by atoms with Crippen LogP contribution in [-0.4, -0.2) is 5.97 Å². The van der Waals surface area contributed by atoms with Crippen LogP contribution in [0.1, 0.15) is 27.4 Å². The summed E-state index contributed by atoms with van der Waals surface area (Å²) in [5.41, 5.74) is -6.07. The van der Waals surface area contributed by atoms with Crippen LogP contribution in [0.4, 0.5) is 39.5 Å². The molecule has 39 heavy (non-hydrogen) atoms. The van der Waals surface area contributed by atoms with Gasteiger partial charge in [0.1, 0.15) is 16.9 Å². The van der Waals surface area contributed by atoms with E-state index in [1.807, 2.05) is 60.7 Å². The van der Waals surface area contributed by atoms with Crippen molar-refractivity contribution in [1.29, 1.82) is 0 Å². The highest BCUT2D eigenvalue weighted by molar-refractivity contribution is 8.17. The Balaban J connectivity index is 1.71. The third-order valence-corrected chi connectivity index (χ3v) is 7.70. The van der Waals surface area contributed by atoms with Gasteiger partial charge < -0.3 is 9.15 Å². The van der Waals surface area contributed by atoms with E-state index in [1.165, 1.54) is 24.3 Å². The van der Waals surface area contributed by atoms with Crippen molar-refractivity contribution in [2.75, 3.05) is 0 Å². The standard InChI is InChI=1S/C26H15F9O3S/c27-24(28,29)19-20(25(30,31)32)22(26(33,34)35)38-21(19)23(36)37-15-11-13-18(14-12-15)39(16-7-3-1-4-8-16)17-9-5-2-6-10-17/h1-14,39H. The lowest BCUT2D eigenvalue weighted by molar-refractivity contribution is -0.178. The second-order valence-corrected chi connectivity index (χ2v) is 10.1. The summed E-state index contributed by atoms with van der Waals surface area (Å²) >= 11 is 0. The molecule has 0 fully saturated rings. The molecular formula is C26H15F9O3S. The van der Waals surface area contributed by atoms with Gasteiger partial charge in [0.05, 0.1) is 0 Å². The number of hydrogen-bond donors (Lipinski definition) is 1. The lowest BCUT2D eigenvalue weighted by Gasteiger charge is -2.23. The predicted molar refractivity (Wildman–Crippen MR) is 122 cm³/mol. The monoisotopic (exact) mass is 578 g/mol. The minimum absolute atomic E-state index is 0.425. The van der Waals surface area contributed by atoms with Crippen LogP contribution in [0.25, 0.3) is 0 Å². The molecule has 4 aromatic rings. The van der Waals surface area contributed by atoms with Crippen LogP contribution < -0.4 is 4.74 Å². The molecule has 0 bridgehead atoms. The molecule has 4 rings (SSSR count). The highest BCUT2D eigenvalue weighted by Crippen LogP contribution is 2.52. The summed E-state index contributed by atoms with van der Waals surface area (Å²) in [6.07, 6.45) is -18.1. The number of halogens is 9. The zero-order valence-electron chi connectivity index (χ0n) is 19.2. The Morgan fingerprint density at radius 1 is 0.590 bits per heavy atom. The van der Waals surface area contributed by atoms with E-state index in [1.54, 1.807) is 0 Å². The summed E-state index contributed by atoms with van der Waals surface area (Å²) < 4.78 is 128. The van der Waals surface area contributed by atoms with E-state index < -0.39 is 63.8 Å². The number of esters is 1. The smallest absolute Gasteiger partial charge is 0.443 e. The van der Waals surface area contributed by atoms with Gasteiger partial charge in [0.25, 0.3) is 0 Å². The van der Waals surface area contributed by atoms with Crippen LogP contribution in [0, 0.1) is 0 Å². The second-order valence-electron chi connectivity index (χ2n) is 7.89. The maximum Gasteiger partial charge on any atom is 0.450 e. The van der Waals surface area contributed by atoms with Crippen molar-refractivity contribution in [1.82, 2.24) is 0 Å². The maximum absolute atomic E-state index is 13.5. The summed E-state index contributed by atoms with van der Waals surface area (Å²) in [5.74, 6) is -7.86. The van der Waals surface area contributed by atoms with Gasteiger partial charge in [-0.3, -0.25) is 0 Å². The Kier molecular flexibility index (Phi) is 7.48. The lowest BCUT2D eigenvalue weighted by atomic mass is 10.1. The molecule has 0 unspecified atom stereocenters. The number of benzene rings is 3. The number of hydrogen-bond acceptors (Lipinski definition) is 3. The fourth-order valence-corrected chi connectivity index (χ4v) is 6.02. The Morgan fingerprint density at radius 3 is 1.44 bits per heavy atom. The lowest BCUT2D eigenvalue weighted by Crippen LogP contribution is -2.21. The molecule has 1 aromatic heterocycles. The Morgan fingerprint density at radius 2 is 1.03 bits per heavy atom. The van der Waals surface area contributed by atoms with Crippen molar-refractivity contribution in [3.8, 4) is 5.75 Å². The van der Waals surface area contributed by atoms with Gasteiger partial charge in [0, 0.05) is 0 Å². The molecule has 206 valence electrons. The molecule has 1 heterocycles. The van der Waals surface area contributed by atoms with Gasteiger partial charge in [0.2, 0.25) is 11.5 Å². The topological polar surface area (TPSA) is 39.4 Å². The van der Waals surface area contributed by atoms with E-state index in [0.717, 1.165) is 14.7 Å². The highest BCUT2D eigenvalue weighted by Gasteiger charge is 2.56. The van der Waals surface area contributed by atoms with Crippen LogP contribution in [0.5, 0.6) is 5.75 Å². The summed E-state index contributed by atoms with van der Waals surface area (Å²) in [4.78, 5) is 15.0. The van der Waals surface area contributed by atoms with Gasteiger partial charge in [-0.2, -0.15) is 50.4 Å². The average molecular weight is 578 g/mol. The van der Waals surface area contributed by atoms with Crippen molar-refractivity contribution in [3.63, 3.8) is 0 Å². The Bertz CT molecular complexity index is 1400. The van der Waals surface area contributed by atoms with Gasteiger partial charge in [-0.15, -0.1) is 0 Å². The molecule has 0 saturated carbocycles. The third kappa shape index (κ3) is 6.08. The molecule has 0 aliphatic heterocycles. The van der Waals surface area contributed by atoms with Gasteiger partial charge in [-0.25, -0.2) is 4.79 Å². The molecule has 3 aromatic carbocycles. The number of thiol groups is 1. The van der Waals surface area contributed by atoms with E-state index in [0.29, 0.717) is 0 Å². The molecule has 0 N–H and O–H groups in total. The first-order valence-corrected chi connectivity index (χ1v) is 12.1. The van der Waals surface area contributed by atoms with Crippen molar-refractivity contribution < 1.29 is 53.5 Å². The van der Waals surface area contributed by atoms with E-state index in [-0.39, 0.29) is 0 Å². The summed E-state index contributed by atoms with van der Waals surface area (Å²) in [6.45, 7) is 0. The first-order valence-electron chi connectivity index (χ1n) is 10.8. The number of ether oxygens (including phenoxy) is 1. The molecular weight excluding hydrogens is 563 g/mol. The van der Waals surface area contributed by atoms with Gasteiger partial charge in [-0.1, -0.05) is 36.4 Å². The van der Waals surface area contributed by atoms with Crippen molar-refractivity contribution in [3.05, 3.63) is 108 Å². The molecule has 0 aliphatic carbocycles. The Labute approximate surface area is 217 Å². The van der Waals surface area contributed by atoms with E-state index >= 15 is 0 Å². The summed E-state index contributed by atoms with van der Waals surface area (Å²) in [5, 5.41) is 0. The zero-order valence-corrected chi connectivity index (χ0v) is 20.1.